The summed E-state index contributed by atoms with van der Waals surface area (Å²) >= 11 is 0. The molecule has 7 nitrogen and oxygen atoms in total. The predicted octanol–water partition coefficient (Wildman–Crippen LogP) is 0.158. The Morgan fingerprint density at radius 1 is 0.944 bits per heavy atom. The number of hydrogen-bond donors (Lipinski definition) is 0. The molecule has 1 rings (SSSR count). The average Bonchev–Trinajstić information content (AvgIpc) is 2.74. The van der Waals surface area contributed by atoms with E-state index < -0.39 is 63.2 Å². The van der Waals surface area contributed by atoms with Crippen LogP contribution in [0, 0.1) is 0 Å². The van der Waals surface area contributed by atoms with Crippen LogP contribution < -0.4 is 0 Å². The van der Waals surface area contributed by atoms with Crippen molar-refractivity contribution in [2.75, 3.05) is 0 Å². The molecule has 0 aromatic rings. The number of hydrogen-bond acceptors (Lipinski definition) is 7. The molecule has 4 atom stereocenters. The summed E-state index contributed by atoms with van der Waals surface area (Å²) < 4.78 is 40.6. The molecular weight excluding hydrogens is 244 g/mol. The normalized spacial score (nSPS) is 32.8. The highest BCUT2D eigenvalue weighted by molar-refractivity contribution is 5.68. The van der Waals surface area contributed by atoms with Gasteiger partial charge in [0, 0.05) is 24.8 Å². The van der Waals surface area contributed by atoms with Crippen molar-refractivity contribution >= 4 is 17.9 Å². The molecule has 1 fully saturated rings. The second-order valence-corrected chi connectivity index (χ2v) is 3.61. The third kappa shape index (κ3) is 3.69. The fourth-order valence-electron chi connectivity index (χ4n) is 1.60. The zero-order valence-corrected chi connectivity index (χ0v) is 9.79. The predicted molar refractivity (Wildman–Crippen MR) is 57.2 cm³/mol. The first kappa shape index (κ1) is 10.3. The highest BCUT2D eigenvalue weighted by Crippen LogP contribution is 2.27. The molecule has 1 unspecified atom stereocenters. The maximum absolute atomic E-state index is 11.3. The Morgan fingerprint density at radius 3 is 2.00 bits per heavy atom. The minimum atomic E-state index is -1.32. The van der Waals surface area contributed by atoms with E-state index in [9.17, 15) is 14.4 Å². The largest absolute Gasteiger partial charge is 0.456 e. The van der Waals surface area contributed by atoms with E-state index in [1.165, 1.54) is 6.92 Å². The summed E-state index contributed by atoms with van der Waals surface area (Å²) in [7, 11) is 0. The lowest BCUT2D eigenvalue weighted by atomic mass is 10.1. The Kier molecular flexibility index (Phi) is 3.33. The van der Waals surface area contributed by atoms with Crippen molar-refractivity contribution in [1.29, 1.82) is 0 Å². The van der Waals surface area contributed by atoms with Crippen LogP contribution in [0.15, 0.2) is 0 Å². The second-order valence-electron chi connectivity index (χ2n) is 3.61. The van der Waals surface area contributed by atoms with E-state index in [2.05, 4.69) is 0 Å². The van der Waals surface area contributed by atoms with Gasteiger partial charge >= 0.3 is 17.9 Å². The first-order valence-electron chi connectivity index (χ1n) is 7.16. The van der Waals surface area contributed by atoms with Crippen LogP contribution in [0.5, 0.6) is 0 Å². The molecule has 0 aromatic carbocycles. The van der Waals surface area contributed by atoms with Gasteiger partial charge in [0.1, 0.15) is 0 Å². The van der Waals surface area contributed by atoms with E-state index in [1.807, 2.05) is 0 Å². The van der Waals surface area contributed by atoms with Crippen LogP contribution in [-0.4, -0.2) is 42.5 Å². The van der Waals surface area contributed by atoms with Gasteiger partial charge in [0.2, 0.25) is 12.4 Å². The first-order valence-corrected chi connectivity index (χ1v) is 5.04. The molecule has 1 aliphatic rings. The molecule has 1 saturated heterocycles. The molecule has 0 aromatic heterocycles. The molecule has 18 heavy (non-hydrogen) atoms. The van der Waals surface area contributed by atoms with Gasteiger partial charge in [-0.2, -0.15) is 0 Å². The lowest BCUT2D eigenvalue weighted by Crippen LogP contribution is -2.40. The standard InChI is InChI=1S/C11H16O7/c1-5-9(16-6(2)12)10(17-7(3)13)11(15-5)18-8(4)14/h5,9-11H,1-4H3/t5-,9-,10-,11?/m1/s1/i2D,3D,4D. The average molecular weight is 263 g/mol. The Labute approximate surface area is 109 Å². The Balaban J connectivity index is 2.85. The van der Waals surface area contributed by atoms with Crippen LogP contribution in [0.25, 0.3) is 0 Å². The Morgan fingerprint density at radius 2 is 1.44 bits per heavy atom. The molecule has 0 radical (unpaired) electrons. The van der Waals surface area contributed by atoms with Crippen molar-refractivity contribution < 1.29 is 37.4 Å². The van der Waals surface area contributed by atoms with E-state index in [-0.39, 0.29) is 0 Å². The Bertz CT molecular complexity index is 403. The van der Waals surface area contributed by atoms with Crippen molar-refractivity contribution in [2.45, 2.75) is 52.2 Å². The van der Waals surface area contributed by atoms with Gasteiger partial charge in [-0.15, -0.1) is 0 Å². The third-order valence-electron chi connectivity index (χ3n) is 2.19. The van der Waals surface area contributed by atoms with Gasteiger partial charge in [-0.3, -0.25) is 14.4 Å². The first-order chi connectivity index (χ1) is 9.92. The van der Waals surface area contributed by atoms with Crippen LogP contribution in [0.1, 0.15) is 31.7 Å². The minimum absolute atomic E-state index is 0.625. The summed E-state index contributed by atoms with van der Waals surface area (Å²) in [5.41, 5.74) is 0. The number of carbonyl (C=O) groups is 3. The summed E-state index contributed by atoms with van der Waals surface area (Å²) in [6.07, 6.45) is -4.35. The van der Waals surface area contributed by atoms with Crippen LogP contribution in [0.4, 0.5) is 0 Å². The Hall–Kier alpha value is -1.63. The van der Waals surface area contributed by atoms with E-state index >= 15 is 0 Å². The van der Waals surface area contributed by atoms with Gasteiger partial charge in [0.05, 0.1) is 6.10 Å². The molecule has 1 heterocycles. The van der Waals surface area contributed by atoms with Crippen molar-refractivity contribution in [3.63, 3.8) is 0 Å². The zero-order chi connectivity index (χ0) is 16.0. The molecule has 0 saturated carbocycles. The summed E-state index contributed by atoms with van der Waals surface area (Å²) in [5.74, 6) is -2.65. The van der Waals surface area contributed by atoms with Gasteiger partial charge in [0.25, 0.3) is 0 Å². The van der Waals surface area contributed by atoms with Gasteiger partial charge < -0.3 is 18.9 Å². The molecule has 1 aliphatic heterocycles. The minimum Gasteiger partial charge on any atom is -0.456 e. The summed E-state index contributed by atoms with van der Waals surface area (Å²) in [4.78, 5) is 33.6. The quantitative estimate of drug-likeness (QED) is 0.529. The van der Waals surface area contributed by atoms with Gasteiger partial charge in [-0.1, -0.05) is 0 Å². The SMILES string of the molecule is [2H]CC(=O)OC1O[C@H](C)[C@@H](OC(=O)C[2H])[C@H]1OC(=O)C[2H]. The fourth-order valence-corrected chi connectivity index (χ4v) is 1.60. The monoisotopic (exact) mass is 263 g/mol. The molecular formula is C11H16O7. The highest BCUT2D eigenvalue weighted by Gasteiger charge is 2.49. The fraction of sp³-hybridized carbons (Fsp3) is 0.727. The molecule has 0 spiro atoms. The smallest absolute Gasteiger partial charge is 0.305 e. The van der Waals surface area contributed by atoms with Crippen LogP contribution in [-0.2, 0) is 33.3 Å². The lowest BCUT2D eigenvalue weighted by molar-refractivity contribution is -0.194. The number of ether oxygens (including phenoxy) is 4. The van der Waals surface area contributed by atoms with Gasteiger partial charge in [-0.05, 0) is 6.92 Å². The van der Waals surface area contributed by atoms with E-state index in [1.54, 1.807) is 0 Å². The van der Waals surface area contributed by atoms with Crippen LogP contribution in [0.3, 0.4) is 0 Å². The summed E-state index contributed by atoms with van der Waals surface area (Å²) in [6, 6.07) is 0. The van der Waals surface area contributed by atoms with Gasteiger partial charge in [-0.25, -0.2) is 0 Å². The summed E-state index contributed by atoms with van der Waals surface area (Å²) in [6.45, 7) is -0.426. The van der Waals surface area contributed by atoms with Crippen molar-refractivity contribution in [1.82, 2.24) is 0 Å². The molecule has 7 heteroatoms. The molecule has 0 amide bonds. The van der Waals surface area contributed by atoms with Crippen molar-refractivity contribution in [3.05, 3.63) is 0 Å². The second kappa shape index (κ2) is 5.81. The molecule has 0 bridgehead atoms. The topological polar surface area (TPSA) is 88.1 Å². The number of carbonyl (C=O) groups excluding carboxylic acids is 3. The molecule has 0 aliphatic carbocycles. The maximum atomic E-state index is 11.3. The summed E-state index contributed by atoms with van der Waals surface area (Å²) in [5, 5.41) is 0. The zero-order valence-electron chi connectivity index (χ0n) is 12.8. The maximum Gasteiger partial charge on any atom is 0.305 e. The van der Waals surface area contributed by atoms with Crippen LogP contribution >= 0.6 is 0 Å². The van der Waals surface area contributed by atoms with E-state index in [4.69, 9.17) is 23.1 Å². The number of esters is 3. The van der Waals surface area contributed by atoms with Crippen molar-refractivity contribution in [3.8, 4) is 0 Å². The lowest BCUT2D eigenvalue weighted by Gasteiger charge is -2.22. The molecule has 102 valence electrons. The van der Waals surface area contributed by atoms with E-state index in [0.717, 1.165) is 0 Å². The van der Waals surface area contributed by atoms with Gasteiger partial charge in [0.15, 0.2) is 6.10 Å². The van der Waals surface area contributed by atoms with Crippen LogP contribution in [0.2, 0.25) is 0 Å². The molecule has 0 N–H and O–H groups in total. The third-order valence-corrected chi connectivity index (χ3v) is 2.19. The van der Waals surface area contributed by atoms with Crippen molar-refractivity contribution in [2.24, 2.45) is 0 Å². The number of rotatable bonds is 3. The highest BCUT2D eigenvalue weighted by atomic mass is 16.7. The van der Waals surface area contributed by atoms with E-state index in [0.29, 0.717) is 0 Å².